The van der Waals surface area contributed by atoms with Gasteiger partial charge in [0.2, 0.25) is 0 Å². The zero-order chi connectivity index (χ0) is 19.2. The number of piperazine rings is 1. The summed E-state index contributed by atoms with van der Waals surface area (Å²) in [4.78, 5) is 19.5. The van der Waals surface area contributed by atoms with Gasteiger partial charge >= 0.3 is 0 Å². The Labute approximate surface area is 157 Å². The maximum absolute atomic E-state index is 13.2. The molecule has 1 aliphatic rings. The van der Waals surface area contributed by atoms with Crippen LogP contribution in [0.2, 0.25) is 0 Å². The van der Waals surface area contributed by atoms with Crippen molar-refractivity contribution in [3.05, 3.63) is 53.5 Å². The van der Waals surface area contributed by atoms with Crippen LogP contribution >= 0.6 is 0 Å². The fourth-order valence-corrected chi connectivity index (χ4v) is 3.65. The fraction of sp³-hybridized carbons (Fsp3) is 0.333. The Morgan fingerprint density at radius 3 is 2.70 bits per heavy atom. The predicted octanol–water partition coefficient (Wildman–Crippen LogP) is 2.74. The van der Waals surface area contributed by atoms with Crippen molar-refractivity contribution in [3.8, 4) is 11.3 Å². The number of furan rings is 1. The normalized spacial score (nSPS) is 16.7. The van der Waals surface area contributed by atoms with E-state index in [1.807, 2.05) is 17.9 Å². The Kier molecular flexibility index (Phi) is 4.23. The van der Waals surface area contributed by atoms with Crippen molar-refractivity contribution < 1.29 is 18.9 Å². The molecule has 6 heteroatoms. The predicted molar refractivity (Wildman–Crippen MR) is 101 cm³/mol. The quantitative estimate of drug-likeness (QED) is 0.757. The molecule has 1 amide bonds. The molecule has 5 nitrogen and oxygen atoms in total. The third-order valence-electron chi connectivity index (χ3n) is 5.19. The molecule has 0 atom stereocenters. The van der Waals surface area contributed by atoms with Crippen LogP contribution in [0.1, 0.15) is 30.0 Å². The molecule has 27 heavy (non-hydrogen) atoms. The molecule has 1 saturated heterocycles. The highest BCUT2D eigenvalue weighted by molar-refractivity contribution is 5.96. The van der Waals surface area contributed by atoms with Crippen molar-refractivity contribution in [2.75, 3.05) is 19.6 Å². The van der Waals surface area contributed by atoms with Crippen molar-refractivity contribution in [2.45, 2.75) is 26.3 Å². The smallest absolute Gasteiger partial charge is 0.290 e. The van der Waals surface area contributed by atoms with Gasteiger partial charge in [-0.15, -0.1) is 0 Å². The number of nitrogens with zero attached hydrogens (tertiary/aromatic N) is 2. The summed E-state index contributed by atoms with van der Waals surface area (Å²) in [5.74, 6) is -0.0743. The summed E-state index contributed by atoms with van der Waals surface area (Å²) in [6, 6.07) is 9.83. The second kappa shape index (κ2) is 6.46. The Balaban J connectivity index is 1.73. The first-order valence-corrected chi connectivity index (χ1v) is 9.16. The van der Waals surface area contributed by atoms with Crippen LogP contribution in [0.3, 0.4) is 0 Å². The first-order valence-electron chi connectivity index (χ1n) is 9.16. The number of aromatic nitrogens is 1. The van der Waals surface area contributed by atoms with Crippen LogP contribution in [0.15, 0.2) is 40.8 Å². The lowest BCUT2D eigenvalue weighted by Gasteiger charge is -2.39. The molecule has 2 aromatic heterocycles. The third-order valence-corrected chi connectivity index (χ3v) is 5.19. The summed E-state index contributed by atoms with van der Waals surface area (Å²) in [6.07, 6.45) is 0. The number of halogens is 1. The number of fused-ring (bicyclic) bond motifs is 1. The number of pyridine rings is 1. The molecule has 2 N–H and O–H groups in total. The van der Waals surface area contributed by atoms with E-state index in [4.69, 9.17) is 4.42 Å². The fourth-order valence-electron chi connectivity index (χ4n) is 3.65. The number of aryl methyl sites for hydroxylation is 1. The number of quaternary nitrogens is 1. The highest BCUT2D eigenvalue weighted by atomic mass is 19.1. The van der Waals surface area contributed by atoms with Gasteiger partial charge in [-0.25, -0.2) is 9.37 Å². The molecule has 1 aromatic carbocycles. The van der Waals surface area contributed by atoms with E-state index in [0.29, 0.717) is 23.4 Å². The molecule has 0 spiro atoms. The van der Waals surface area contributed by atoms with Crippen LogP contribution in [-0.4, -0.2) is 41.0 Å². The maximum Gasteiger partial charge on any atom is 0.290 e. The molecule has 3 aromatic rings. The average molecular weight is 368 g/mol. The Morgan fingerprint density at radius 1 is 1.26 bits per heavy atom. The summed E-state index contributed by atoms with van der Waals surface area (Å²) in [5.41, 5.74) is 3.47. The Morgan fingerprint density at radius 2 is 2.00 bits per heavy atom. The summed E-state index contributed by atoms with van der Waals surface area (Å²) < 4.78 is 19.1. The van der Waals surface area contributed by atoms with E-state index in [2.05, 4.69) is 24.1 Å². The molecule has 1 fully saturated rings. The van der Waals surface area contributed by atoms with Crippen molar-refractivity contribution in [2.24, 2.45) is 0 Å². The molecule has 0 bridgehead atoms. The second-order valence-electron chi connectivity index (χ2n) is 7.71. The number of benzene rings is 1. The minimum absolute atomic E-state index is 0.103. The van der Waals surface area contributed by atoms with Gasteiger partial charge in [0.25, 0.3) is 5.91 Å². The molecule has 0 radical (unpaired) electrons. The van der Waals surface area contributed by atoms with Gasteiger partial charge in [-0.05, 0) is 56.7 Å². The monoisotopic (exact) mass is 368 g/mol. The van der Waals surface area contributed by atoms with Crippen LogP contribution in [0, 0.1) is 12.7 Å². The van der Waals surface area contributed by atoms with Gasteiger partial charge in [-0.2, -0.15) is 0 Å². The van der Waals surface area contributed by atoms with Crippen molar-refractivity contribution in [1.82, 2.24) is 9.88 Å². The lowest BCUT2D eigenvalue weighted by atomic mass is 10.00. The third kappa shape index (κ3) is 3.21. The lowest BCUT2D eigenvalue weighted by molar-refractivity contribution is -0.673. The molecular weight excluding hydrogens is 345 g/mol. The maximum atomic E-state index is 13.2. The average Bonchev–Trinajstić information content (AvgIpc) is 3.06. The number of nitrogens with two attached hydrogens (primary N) is 1. The lowest BCUT2D eigenvalue weighted by Crippen LogP contribution is -2.93. The first-order chi connectivity index (χ1) is 12.8. The van der Waals surface area contributed by atoms with E-state index in [1.54, 1.807) is 18.2 Å². The van der Waals surface area contributed by atoms with Gasteiger partial charge in [0.1, 0.15) is 11.3 Å². The summed E-state index contributed by atoms with van der Waals surface area (Å²) in [7, 11) is 0. The van der Waals surface area contributed by atoms with E-state index in [-0.39, 0.29) is 17.3 Å². The number of carbonyl (C=O) groups is 1. The van der Waals surface area contributed by atoms with Gasteiger partial charge in [0, 0.05) is 11.6 Å². The van der Waals surface area contributed by atoms with Crippen LogP contribution in [-0.2, 0) is 0 Å². The van der Waals surface area contributed by atoms with Gasteiger partial charge in [-0.1, -0.05) is 0 Å². The van der Waals surface area contributed by atoms with E-state index < -0.39 is 0 Å². The van der Waals surface area contributed by atoms with Gasteiger partial charge in [0.15, 0.2) is 11.3 Å². The van der Waals surface area contributed by atoms with E-state index in [1.165, 1.54) is 12.1 Å². The summed E-state index contributed by atoms with van der Waals surface area (Å²) in [5, 5.41) is 2.23. The van der Waals surface area contributed by atoms with Crippen molar-refractivity contribution >= 4 is 17.0 Å². The molecule has 1 aliphatic heterocycles. The van der Waals surface area contributed by atoms with E-state index in [9.17, 15) is 9.18 Å². The molecule has 4 rings (SSSR count). The SMILES string of the molecule is Cc1cc(-c2ccc(F)cc2)nc2cc(C(=O)N3CC[NH2+]CC3(C)C)oc12. The molecule has 140 valence electrons. The number of amides is 1. The first kappa shape index (κ1) is 17.7. The number of hydrogen-bond donors (Lipinski definition) is 1. The Hall–Kier alpha value is -2.73. The minimum Gasteiger partial charge on any atom is -0.449 e. The van der Waals surface area contributed by atoms with Gasteiger partial charge in [0.05, 0.1) is 30.9 Å². The van der Waals surface area contributed by atoms with E-state index >= 15 is 0 Å². The highest BCUT2D eigenvalue weighted by Crippen LogP contribution is 2.28. The number of rotatable bonds is 2. The summed E-state index contributed by atoms with van der Waals surface area (Å²) >= 11 is 0. The molecule has 0 saturated carbocycles. The Bertz CT molecular complexity index is 1010. The molecular formula is C21H23FN3O2+. The standard InChI is InChI=1S/C21H22FN3O2/c1-13-10-16(14-4-6-15(22)7-5-14)24-17-11-18(27-19(13)17)20(26)25-9-8-23-12-21(25,2)3/h4-7,10-11,23H,8-9,12H2,1-3H3/p+1. The number of carbonyl (C=O) groups excluding carboxylic acids is 1. The molecule has 0 unspecified atom stereocenters. The van der Waals surface area contributed by atoms with E-state index in [0.717, 1.165) is 29.9 Å². The largest absolute Gasteiger partial charge is 0.449 e. The topological polar surface area (TPSA) is 63.0 Å². The molecule has 3 heterocycles. The van der Waals surface area contributed by atoms with Crippen LogP contribution in [0.5, 0.6) is 0 Å². The zero-order valence-corrected chi connectivity index (χ0v) is 15.8. The van der Waals surface area contributed by atoms with Crippen LogP contribution < -0.4 is 5.32 Å². The number of hydrogen-bond acceptors (Lipinski definition) is 3. The van der Waals surface area contributed by atoms with Crippen molar-refractivity contribution in [3.63, 3.8) is 0 Å². The van der Waals surface area contributed by atoms with Gasteiger partial charge < -0.3 is 14.6 Å². The van der Waals surface area contributed by atoms with Crippen LogP contribution in [0.4, 0.5) is 4.39 Å². The highest BCUT2D eigenvalue weighted by Gasteiger charge is 2.37. The molecule has 0 aliphatic carbocycles. The minimum atomic E-state index is -0.283. The van der Waals surface area contributed by atoms with Crippen LogP contribution in [0.25, 0.3) is 22.4 Å². The van der Waals surface area contributed by atoms with Gasteiger partial charge in [-0.3, -0.25) is 4.79 Å². The second-order valence-corrected chi connectivity index (χ2v) is 7.71. The zero-order valence-electron chi connectivity index (χ0n) is 15.8. The summed E-state index contributed by atoms with van der Waals surface area (Å²) in [6.45, 7) is 8.51. The van der Waals surface area contributed by atoms with Crippen molar-refractivity contribution in [1.29, 1.82) is 0 Å².